The molecule has 0 radical (unpaired) electrons. The molecule has 2 heterocycles. The van der Waals surface area contributed by atoms with Crippen molar-refractivity contribution in [1.82, 2.24) is 14.8 Å². The Balaban J connectivity index is 1.73. The number of hydrogen-bond donors (Lipinski definition) is 2. The maximum atomic E-state index is 13.4. The number of benzene rings is 1. The minimum Gasteiger partial charge on any atom is -0.477 e. The van der Waals surface area contributed by atoms with Gasteiger partial charge in [0.05, 0.1) is 5.69 Å². The van der Waals surface area contributed by atoms with Crippen molar-refractivity contribution < 1.29 is 14.7 Å². The van der Waals surface area contributed by atoms with Crippen LogP contribution in [0, 0.1) is 11.8 Å². The summed E-state index contributed by atoms with van der Waals surface area (Å²) in [5, 5.41) is 15.4. The molecule has 0 aliphatic heterocycles. The quantitative estimate of drug-likeness (QED) is 0.644. The van der Waals surface area contributed by atoms with Crippen LogP contribution < -0.4 is 4.90 Å². The van der Waals surface area contributed by atoms with Crippen molar-refractivity contribution >= 4 is 28.6 Å². The van der Waals surface area contributed by atoms with Gasteiger partial charge in [0.25, 0.3) is 0 Å². The summed E-state index contributed by atoms with van der Waals surface area (Å²) in [7, 11) is 0. The fraction of sp³-hybridized carbons (Fsp3) is 0.435. The summed E-state index contributed by atoms with van der Waals surface area (Å²) in [5.74, 6) is -0.332. The zero-order valence-corrected chi connectivity index (χ0v) is 17.6. The summed E-state index contributed by atoms with van der Waals surface area (Å²) < 4.78 is 1.55. The van der Waals surface area contributed by atoms with Crippen molar-refractivity contribution in [1.29, 1.82) is 0 Å². The molecule has 7 nitrogen and oxygen atoms in total. The first-order chi connectivity index (χ1) is 14.3. The number of anilines is 1. The Kier molecular flexibility index (Phi) is 5.37. The van der Waals surface area contributed by atoms with E-state index < -0.39 is 5.97 Å². The number of aromatic nitrogens is 3. The Labute approximate surface area is 175 Å². The normalized spacial score (nSPS) is 19.3. The molecule has 7 heteroatoms. The standard InChI is InChI=1S/C23H28N4O3/c1-14(2)27(22(28)16-6-4-15(3)5-7-16)21-19(23(29)30)13-26(25-21)18-8-9-20-17(12-18)10-11-24-20/h8-16,24H,4-7H2,1-3H3,(H,29,30)/t15-,16-. The van der Waals surface area contributed by atoms with Gasteiger partial charge in [0.2, 0.25) is 5.91 Å². The molecule has 1 saturated carbocycles. The fourth-order valence-corrected chi connectivity index (χ4v) is 4.32. The average Bonchev–Trinajstić information content (AvgIpc) is 3.35. The summed E-state index contributed by atoms with van der Waals surface area (Å²) in [6.45, 7) is 6.02. The minimum atomic E-state index is -1.09. The van der Waals surface area contributed by atoms with Gasteiger partial charge in [-0.3, -0.25) is 9.69 Å². The third-order valence-electron chi connectivity index (χ3n) is 6.07. The molecule has 1 aromatic carbocycles. The predicted molar refractivity (Wildman–Crippen MR) is 116 cm³/mol. The molecule has 1 amide bonds. The van der Waals surface area contributed by atoms with Crippen molar-refractivity contribution in [3.8, 4) is 5.69 Å². The molecule has 2 aromatic heterocycles. The van der Waals surface area contributed by atoms with Gasteiger partial charge in [-0.15, -0.1) is 5.10 Å². The largest absolute Gasteiger partial charge is 0.477 e. The van der Waals surface area contributed by atoms with E-state index in [0.717, 1.165) is 42.3 Å². The minimum absolute atomic E-state index is 0.0225. The number of H-pyrrole nitrogens is 1. The summed E-state index contributed by atoms with van der Waals surface area (Å²) in [5.41, 5.74) is 1.78. The molecule has 0 atom stereocenters. The van der Waals surface area contributed by atoms with E-state index in [1.807, 2.05) is 44.3 Å². The van der Waals surface area contributed by atoms with Gasteiger partial charge in [-0.2, -0.15) is 0 Å². The van der Waals surface area contributed by atoms with Crippen LogP contribution in [0.5, 0.6) is 0 Å². The number of nitrogens with zero attached hydrogens (tertiary/aromatic N) is 3. The lowest BCUT2D eigenvalue weighted by atomic mass is 9.82. The van der Waals surface area contributed by atoms with Gasteiger partial charge in [-0.25, -0.2) is 9.48 Å². The number of aromatic amines is 1. The number of carboxylic acid groups (broad SMARTS) is 1. The third kappa shape index (κ3) is 3.72. The number of rotatable bonds is 5. The highest BCUT2D eigenvalue weighted by Crippen LogP contribution is 2.33. The lowest BCUT2D eigenvalue weighted by molar-refractivity contribution is -0.123. The van der Waals surface area contributed by atoms with E-state index >= 15 is 0 Å². The molecule has 0 saturated heterocycles. The van der Waals surface area contributed by atoms with E-state index in [4.69, 9.17) is 0 Å². The first kappa shape index (κ1) is 20.2. The zero-order valence-electron chi connectivity index (χ0n) is 17.6. The maximum absolute atomic E-state index is 13.4. The van der Waals surface area contributed by atoms with E-state index in [1.54, 1.807) is 9.58 Å². The van der Waals surface area contributed by atoms with Crippen molar-refractivity contribution in [2.45, 2.75) is 52.5 Å². The number of amides is 1. The molecular formula is C23H28N4O3. The molecule has 3 aromatic rings. The first-order valence-corrected chi connectivity index (χ1v) is 10.6. The van der Waals surface area contributed by atoms with Gasteiger partial charge in [0.1, 0.15) is 5.56 Å². The number of carbonyl (C=O) groups is 2. The Hall–Kier alpha value is -3.09. The Morgan fingerprint density at radius 1 is 1.20 bits per heavy atom. The van der Waals surface area contributed by atoms with Crippen LogP contribution in [-0.2, 0) is 4.79 Å². The van der Waals surface area contributed by atoms with Crippen LogP contribution in [-0.4, -0.2) is 37.8 Å². The highest BCUT2D eigenvalue weighted by atomic mass is 16.4. The van der Waals surface area contributed by atoms with Gasteiger partial charge >= 0.3 is 5.97 Å². The van der Waals surface area contributed by atoms with E-state index in [2.05, 4.69) is 17.0 Å². The lowest BCUT2D eigenvalue weighted by Crippen LogP contribution is -2.43. The summed E-state index contributed by atoms with van der Waals surface area (Å²) >= 11 is 0. The number of fused-ring (bicyclic) bond motifs is 1. The zero-order chi connectivity index (χ0) is 21.4. The summed E-state index contributed by atoms with van der Waals surface area (Å²) in [4.78, 5) is 30.1. The molecule has 1 fully saturated rings. The molecule has 158 valence electrons. The molecule has 1 aliphatic rings. The maximum Gasteiger partial charge on any atom is 0.341 e. The molecule has 30 heavy (non-hydrogen) atoms. The average molecular weight is 409 g/mol. The smallest absolute Gasteiger partial charge is 0.341 e. The molecule has 2 N–H and O–H groups in total. The van der Waals surface area contributed by atoms with Gasteiger partial charge < -0.3 is 10.1 Å². The van der Waals surface area contributed by atoms with Crippen LogP contribution >= 0.6 is 0 Å². The molecule has 0 unspecified atom stereocenters. The number of carbonyl (C=O) groups excluding carboxylic acids is 1. The number of nitrogens with one attached hydrogen (secondary N) is 1. The number of aromatic carboxylic acids is 1. The van der Waals surface area contributed by atoms with Crippen LogP contribution in [0.2, 0.25) is 0 Å². The second-order valence-electron chi connectivity index (χ2n) is 8.62. The van der Waals surface area contributed by atoms with Gasteiger partial charge in [-0.05, 0) is 69.7 Å². The summed E-state index contributed by atoms with van der Waals surface area (Å²) in [6.07, 6.45) is 7.10. The van der Waals surface area contributed by atoms with Crippen LogP contribution in [0.1, 0.15) is 56.8 Å². The van der Waals surface area contributed by atoms with Gasteiger partial charge in [-0.1, -0.05) is 6.92 Å². The fourth-order valence-electron chi connectivity index (χ4n) is 4.32. The first-order valence-electron chi connectivity index (χ1n) is 10.6. The number of carboxylic acids is 1. The van der Waals surface area contributed by atoms with Crippen molar-refractivity contribution in [2.24, 2.45) is 11.8 Å². The second kappa shape index (κ2) is 7.97. The van der Waals surface area contributed by atoms with Crippen LogP contribution in [0.3, 0.4) is 0 Å². The molecular weight excluding hydrogens is 380 g/mol. The molecule has 4 rings (SSSR count). The van der Waals surface area contributed by atoms with Crippen molar-refractivity contribution in [2.75, 3.05) is 4.90 Å². The van der Waals surface area contributed by atoms with Crippen molar-refractivity contribution in [3.63, 3.8) is 0 Å². The molecule has 0 spiro atoms. The molecule has 1 aliphatic carbocycles. The van der Waals surface area contributed by atoms with E-state index in [1.165, 1.54) is 6.20 Å². The Morgan fingerprint density at radius 3 is 2.60 bits per heavy atom. The van der Waals surface area contributed by atoms with Crippen LogP contribution in [0.25, 0.3) is 16.6 Å². The highest BCUT2D eigenvalue weighted by molar-refractivity contribution is 6.01. The predicted octanol–water partition coefficient (Wildman–Crippen LogP) is 4.62. The Bertz CT molecular complexity index is 1070. The lowest BCUT2D eigenvalue weighted by Gasteiger charge is -2.32. The number of hydrogen-bond acceptors (Lipinski definition) is 3. The SMILES string of the molecule is CC(C)N(c1nn(-c2ccc3[nH]ccc3c2)cc1C(=O)O)C(=O)[C@H]1CC[C@H](C)CC1. The topological polar surface area (TPSA) is 91.2 Å². The second-order valence-corrected chi connectivity index (χ2v) is 8.62. The van der Waals surface area contributed by atoms with Crippen molar-refractivity contribution in [3.05, 3.63) is 42.2 Å². The van der Waals surface area contributed by atoms with Gasteiger partial charge in [0.15, 0.2) is 5.82 Å². The monoisotopic (exact) mass is 408 g/mol. The third-order valence-corrected chi connectivity index (χ3v) is 6.07. The van der Waals surface area contributed by atoms with E-state index in [-0.39, 0.29) is 29.2 Å². The Morgan fingerprint density at radius 2 is 1.93 bits per heavy atom. The van der Waals surface area contributed by atoms with Crippen LogP contribution in [0.15, 0.2) is 36.7 Å². The molecule has 0 bridgehead atoms. The highest BCUT2D eigenvalue weighted by Gasteiger charge is 2.34. The van der Waals surface area contributed by atoms with E-state index in [0.29, 0.717) is 5.92 Å². The summed E-state index contributed by atoms with van der Waals surface area (Å²) in [6, 6.07) is 7.52. The van der Waals surface area contributed by atoms with E-state index in [9.17, 15) is 14.7 Å². The van der Waals surface area contributed by atoms with Crippen LogP contribution in [0.4, 0.5) is 5.82 Å². The van der Waals surface area contributed by atoms with Gasteiger partial charge in [0, 0.05) is 35.3 Å².